The Labute approximate surface area is 166 Å². The number of benzene rings is 2. The molecule has 2 rings (SSSR count). The number of ether oxygens (including phenoxy) is 1. The number of nitrogens with one attached hydrogen (secondary N) is 2. The molecule has 0 aliphatic rings. The van der Waals surface area contributed by atoms with Crippen molar-refractivity contribution in [3.8, 4) is 5.75 Å². The van der Waals surface area contributed by atoms with Gasteiger partial charge < -0.3 is 20.2 Å². The van der Waals surface area contributed by atoms with E-state index < -0.39 is 5.91 Å². The number of hydrogen-bond acceptors (Lipinski definition) is 6. The number of halogens is 1. The summed E-state index contributed by atoms with van der Waals surface area (Å²) in [7, 11) is 1.48. The Morgan fingerprint density at radius 2 is 2.04 bits per heavy atom. The molecule has 0 unspecified atom stereocenters. The summed E-state index contributed by atoms with van der Waals surface area (Å²) in [5, 5.41) is 9.18. The lowest BCUT2D eigenvalue weighted by Gasteiger charge is -2.08. The highest BCUT2D eigenvalue weighted by Crippen LogP contribution is 2.27. The molecule has 0 aliphatic heterocycles. The number of nitrogens with zero attached hydrogens (tertiary/aromatic N) is 1. The second-order valence-electron chi connectivity index (χ2n) is 5.12. The molecule has 2 aromatic rings. The predicted molar refractivity (Wildman–Crippen MR) is 108 cm³/mol. The SMILES string of the molecule is COc1ccc(Cl)cc1NC(=O)/C=N\OCC(=O)Nc1cccc(SC)c1. The van der Waals surface area contributed by atoms with E-state index in [1.807, 2.05) is 24.5 Å². The number of rotatable bonds is 8. The van der Waals surface area contributed by atoms with Crippen LogP contribution >= 0.6 is 23.4 Å². The van der Waals surface area contributed by atoms with Gasteiger partial charge in [-0.2, -0.15) is 0 Å². The summed E-state index contributed by atoms with van der Waals surface area (Å²) in [4.78, 5) is 29.6. The van der Waals surface area contributed by atoms with Gasteiger partial charge >= 0.3 is 0 Å². The highest BCUT2D eigenvalue weighted by Gasteiger charge is 2.07. The average Bonchev–Trinajstić information content (AvgIpc) is 2.65. The van der Waals surface area contributed by atoms with Crippen LogP contribution in [0.4, 0.5) is 11.4 Å². The summed E-state index contributed by atoms with van der Waals surface area (Å²) >= 11 is 7.46. The van der Waals surface area contributed by atoms with Crippen molar-refractivity contribution in [2.45, 2.75) is 4.90 Å². The molecular weight excluding hydrogens is 390 g/mol. The van der Waals surface area contributed by atoms with E-state index in [0.29, 0.717) is 22.1 Å². The molecule has 0 spiro atoms. The van der Waals surface area contributed by atoms with E-state index in [1.165, 1.54) is 7.11 Å². The first-order valence-corrected chi connectivity index (χ1v) is 9.36. The highest BCUT2D eigenvalue weighted by molar-refractivity contribution is 7.98. The third-order valence-corrected chi connectivity index (χ3v) is 4.17. The molecule has 142 valence electrons. The number of carbonyl (C=O) groups is 2. The second-order valence-corrected chi connectivity index (χ2v) is 6.44. The van der Waals surface area contributed by atoms with E-state index in [9.17, 15) is 9.59 Å². The van der Waals surface area contributed by atoms with Crippen LogP contribution in [0.5, 0.6) is 5.75 Å². The molecule has 0 atom stereocenters. The zero-order valence-electron chi connectivity index (χ0n) is 14.7. The molecule has 2 aromatic carbocycles. The standard InChI is InChI=1S/C18H18ClN3O4S/c1-25-16-7-6-12(19)8-15(16)22-17(23)10-20-26-11-18(24)21-13-4-3-5-14(9-13)27-2/h3-10H,11H2,1-2H3,(H,21,24)(H,22,23)/b20-10-. The molecule has 0 saturated carbocycles. The Balaban J connectivity index is 1.80. The largest absolute Gasteiger partial charge is 0.495 e. The smallest absolute Gasteiger partial charge is 0.270 e. The van der Waals surface area contributed by atoms with Crippen LogP contribution in [0, 0.1) is 0 Å². The summed E-state index contributed by atoms with van der Waals surface area (Å²) in [5.74, 6) is -0.486. The number of anilines is 2. The average molecular weight is 408 g/mol. The van der Waals surface area contributed by atoms with E-state index in [2.05, 4.69) is 15.8 Å². The molecule has 2 amide bonds. The first-order valence-electron chi connectivity index (χ1n) is 7.75. The zero-order valence-corrected chi connectivity index (χ0v) is 16.3. The van der Waals surface area contributed by atoms with Crippen LogP contribution in [0.3, 0.4) is 0 Å². The van der Waals surface area contributed by atoms with Crippen LogP contribution < -0.4 is 15.4 Å². The molecule has 2 N–H and O–H groups in total. The molecule has 0 bridgehead atoms. The van der Waals surface area contributed by atoms with Crippen LogP contribution in [0.1, 0.15) is 0 Å². The van der Waals surface area contributed by atoms with Gasteiger partial charge in [-0.1, -0.05) is 22.8 Å². The maximum atomic E-state index is 11.9. The number of oxime groups is 1. The van der Waals surface area contributed by atoms with Gasteiger partial charge in [-0.25, -0.2) is 0 Å². The lowest BCUT2D eigenvalue weighted by molar-refractivity contribution is -0.120. The van der Waals surface area contributed by atoms with Crippen LogP contribution in [0.15, 0.2) is 52.5 Å². The summed E-state index contributed by atoms with van der Waals surface area (Å²) in [6.45, 7) is -0.326. The van der Waals surface area contributed by atoms with Gasteiger partial charge in [-0.15, -0.1) is 11.8 Å². The van der Waals surface area contributed by atoms with Gasteiger partial charge in [0.2, 0.25) is 0 Å². The third kappa shape index (κ3) is 6.84. The van der Waals surface area contributed by atoms with Crippen molar-refractivity contribution in [2.24, 2.45) is 5.16 Å². The quantitative estimate of drug-likeness (QED) is 0.396. The van der Waals surface area contributed by atoms with Crippen molar-refractivity contribution in [1.82, 2.24) is 0 Å². The Morgan fingerprint density at radius 1 is 1.22 bits per heavy atom. The molecule has 7 nitrogen and oxygen atoms in total. The van der Waals surface area contributed by atoms with Gasteiger partial charge in [-0.05, 0) is 42.7 Å². The van der Waals surface area contributed by atoms with E-state index in [4.69, 9.17) is 21.2 Å². The van der Waals surface area contributed by atoms with Crippen LogP contribution in [0.25, 0.3) is 0 Å². The van der Waals surface area contributed by atoms with Gasteiger partial charge in [0.15, 0.2) is 6.61 Å². The van der Waals surface area contributed by atoms with Crippen molar-refractivity contribution in [2.75, 3.05) is 30.6 Å². The monoisotopic (exact) mass is 407 g/mol. The van der Waals surface area contributed by atoms with Gasteiger partial charge in [0.05, 0.1) is 12.8 Å². The predicted octanol–water partition coefficient (Wildman–Crippen LogP) is 3.65. The number of amides is 2. The maximum absolute atomic E-state index is 11.9. The van der Waals surface area contributed by atoms with Gasteiger partial charge in [0, 0.05) is 15.6 Å². The van der Waals surface area contributed by atoms with E-state index in [0.717, 1.165) is 11.1 Å². The van der Waals surface area contributed by atoms with Crippen LogP contribution in [-0.2, 0) is 14.4 Å². The molecular formula is C18H18ClN3O4S. The normalized spacial score (nSPS) is 10.5. The number of thioether (sulfide) groups is 1. The number of methoxy groups -OCH3 is 1. The van der Waals surface area contributed by atoms with Gasteiger partial charge in [0.1, 0.15) is 12.0 Å². The van der Waals surface area contributed by atoms with Crippen LogP contribution in [-0.4, -0.2) is 38.0 Å². The van der Waals surface area contributed by atoms with Crippen molar-refractivity contribution < 1.29 is 19.2 Å². The van der Waals surface area contributed by atoms with Crippen molar-refractivity contribution >= 4 is 52.8 Å². The second kappa shape index (κ2) is 10.4. The Morgan fingerprint density at radius 3 is 2.78 bits per heavy atom. The van der Waals surface area contributed by atoms with E-state index in [1.54, 1.807) is 36.0 Å². The molecule has 0 heterocycles. The topological polar surface area (TPSA) is 89.0 Å². The molecule has 27 heavy (non-hydrogen) atoms. The molecule has 0 aliphatic carbocycles. The fourth-order valence-electron chi connectivity index (χ4n) is 2.02. The minimum Gasteiger partial charge on any atom is -0.495 e. The lowest BCUT2D eigenvalue weighted by Crippen LogP contribution is -2.18. The fraction of sp³-hybridized carbons (Fsp3) is 0.167. The lowest BCUT2D eigenvalue weighted by atomic mass is 10.3. The summed E-state index contributed by atoms with van der Waals surface area (Å²) in [6, 6.07) is 12.2. The first-order chi connectivity index (χ1) is 13.0. The van der Waals surface area contributed by atoms with Gasteiger partial charge in [-0.3, -0.25) is 9.59 Å². The Hall–Kier alpha value is -2.71. The van der Waals surface area contributed by atoms with Gasteiger partial charge in [0.25, 0.3) is 11.8 Å². The maximum Gasteiger partial charge on any atom is 0.270 e. The van der Waals surface area contributed by atoms with Crippen molar-refractivity contribution in [3.63, 3.8) is 0 Å². The molecule has 9 heteroatoms. The third-order valence-electron chi connectivity index (χ3n) is 3.21. The van der Waals surface area contributed by atoms with Crippen molar-refractivity contribution in [1.29, 1.82) is 0 Å². The molecule has 0 aromatic heterocycles. The minimum absolute atomic E-state index is 0.326. The van der Waals surface area contributed by atoms with Crippen molar-refractivity contribution in [3.05, 3.63) is 47.5 Å². The number of carbonyl (C=O) groups excluding carboxylic acids is 2. The Kier molecular flexibility index (Phi) is 7.97. The first kappa shape index (κ1) is 20.6. The molecule has 0 radical (unpaired) electrons. The van der Waals surface area contributed by atoms with Crippen LogP contribution in [0.2, 0.25) is 5.02 Å². The molecule has 0 saturated heterocycles. The summed E-state index contributed by atoms with van der Waals surface area (Å²) in [6.07, 6.45) is 2.87. The number of hydrogen-bond donors (Lipinski definition) is 2. The molecule has 0 fully saturated rings. The summed E-state index contributed by atoms with van der Waals surface area (Å²) in [5.41, 5.74) is 1.05. The summed E-state index contributed by atoms with van der Waals surface area (Å²) < 4.78 is 5.13. The van der Waals surface area contributed by atoms with E-state index >= 15 is 0 Å². The highest BCUT2D eigenvalue weighted by atomic mass is 35.5. The zero-order chi connectivity index (χ0) is 19.6. The fourth-order valence-corrected chi connectivity index (χ4v) is 2.65. The Bertz CT molecular complexity index is 845. The van der Waals surface area contributed by atoms with E-state index in [-0.39, 0.29) is 12.5 Å². The minimum atomic E-state index is -0.552.